The minimum atomic E-state index is -1.08. The van der Waals surface area contributed by atoms with Gasteiger partial charge in [0.2, 0.25) is 0 Å². The summed E-state index contributed by atoms with van der Waals surface area (Å²) in [5, 5.41) is 14.3. The first kappa shape index (κ1) is 23.7. The molecule has 1 aliphatic carbocycles. The molecule has 3 aromatic carbocycles. The molecule has 0 aliphatic heterocycles. The van der Waals surface area contributed by atoms with Crippen LogP contribution >= 0.6 is 22.6 Å². The van der Waals surface area contributed by atoms with E-state index in [1.807, 2.05) is 46.9 Å². The van der Waals surface area contributed by atoms with Crippen LogP contribution in [0.15, 0.2) is 66.7 Å². The summed E-state index contributed by atoms with van der Waals surface area (Å²) < 4.78 is 6.20. The summed E-state index contributed by atoms with van der Waals surface area (Å²) in [7, 11) is 0. The quantitative estimate of drug-likeness (QED) is 0.337. The van der Waals surface area contributed by atoms with E-state index >= 15 is 0 Å². The molecule has 1 aliphatic rings. The van der Waals surface area contributed by atoms with E-state index in [1.54, 1.807) is 19.1 Å². The molecular weight excluding hydrogens is 547 g/mol. The van der Waals surface area contributed by atoms with Gasteiger partial charge in [-0.05, 0) is 69.5 Å². The molecule has 3 aromatic rings. The van der Waals surface area contributed by atoms with E-state index in [4.69, 9.17) is 9.84 Å². The lowest BCUT2D eigenvalue weighted by Crippen LogP contribution is -2.40. The van der Waals surface area contributed by atoms with Crippen molar-refractivity contribution in [2.75, 3.05) is 11.9 Å². The van der Waals surface area contributed by atoms with Crippen LogP contribution in [-0.4, -0.2) is 35.7 Å². The molecule has 0 radical (unpaired) electrons. The van der Waals surface area contributed by atoms with Gasteiger partial charge in [0.25, 0.3) is 5.91 Å². The third-order valence-corrected chi connectivity index (χ3v) is 6.72. The van der Waals surface area contributed by atoms with Crippen LogP contribution in [0.5, 0.6) is 0 Å². The van der Waals surface area contributed by atoms with Crippen molar-refractivity contribution < 1.29 is 24.2 Å². The van der Waals surface area contributed by atoms with Gasteiger partial charge >= 0.3 is 12.1 Å². The number of carboxylic acids is 1. The van der Waals surface area contributed by atoms with Crippen LogP contribution in [0.2, 0.25) is 0 Å². The van der Waals surface area contributed by atoms with Crippen LogP contribution < -0.4 is 10.6 Å². The molecule has 8 heteroatoms. The number of carboxylic acid groups (broad SMARTS) is 1. The molecule has 0 unspecified atom stereocenters. The molecule has 0 fully saturated rings. The Balaban J connectivity index is 1.40. The number of anilines is 1. The zero-order valence-electron chi connectivity index (χ0n) is 18.4. The Hall–Kier alpha value is -3.40. The zero-order valence-corrected chi connectivity index (χ0v) is 20.5. The standard InChI is InChI=1S/C26H23IN2O5/c1-2-22(25(31)32)28-24(30)15-11-12-23(21(27)13-15)29-26(33)34-14-20-18-9-5-3-7-16(18)17-8-4-6-10-19(17)20/h3-13,20,22H,2,14H2,1H3,(H,28,30)(H,29,33)(H,31,32)/t22-/m1/s1. The van der Waals surface area contributed by atoms with Crippen molar-refractivity contribution in [3.63, 3.8) is 0 Å². The van der Waals surface area contributed by atoms with Crippen molar-refractivity contribution in [3.05, 3.63) is 87.0 Å². The molecule has 0 saturated carbocycles. The Labute approximate surface area is 210 Å². The summed E-state index contributed by atoms with van der Waals surface area (Å²) in [6, 6.07) is 20.0. The van der Waals surface area contributed by atoms with Crippen molar-refractivity contribution >= 4 is 46.2 Å². The second kappa shape index (κ2) is 10.3. The molecule has 1 atom stereocenters. The van der Waals surface area contributed by atoms with E-state index in [0.717, 1.165) is 22.3 Å². The number of amides is 2. The summed E-state index contributed by atoms with van der Waals surface area (Å²) in [6.07, 6.45) is -0.312. The van der Waals surface area contributed by atoms with Gasteiger partial charge in [-0.2, -0.15) is 0 Å². The fourth-order valence-electron chi connectivity index (χ4n) is 4.08. The van der Waals surface area contributed by atoms with Crippen LogP contribution in [0.3, 0.4) is 0 Å². The van der Waals surface area contributed by atoms with Crippen molar-refractivity contribution in [1.82, 2.24) is 5.32 Å². The molecule has 7 nitrogen and oxygen atoms in total. The highest BCUT2D eigenvalue weighted by atomic mass is 127. The molecular formula is C26H23IN2O5. The highest BCUT2D eigenvalue weighted by Crippen LogP contribution is 2.44. The minimum Gasteiger partial charge on any atom is -0.480 e. The SMILES string of the molecule is CC[C@@H](NC(=O)c1ccc(NC(=O)OCC2c3ccccc3-c3ccccc32)c(I)c1)C(=O)O. The van der Waals surface area contributed by atoms with Gasteiger partial charge in [0.05, 0.1) is 5.69 Å². The lowest BCUT2D eigenvalue weighted by Gasteiger charge is -2.15. The van der Waals surface area contributed by atoms with Gasteiger partial charge < -0.3 is 15.2 Å². The van der Waals surface area contributed by atoms with Crippen LogP contribution in [0.25, 0.3) is 11.1 Å². The van der Waals surface area contributed by atoms with Crippen LogP contribution in [0.1, 0.15) is 40.7 Å². The van der Waals surface area contributed by atoms with Gasteiger partial charge in [0.15, 0.2) is 0 Å². The number of hydrogen-bond acceptors (Lipinski definition) is 4. The number of rotatable bonds is 7. The van der Waals surface area contributed by atoms with Crippen LogP contribution in [0.4, 0.5) is 10.5 Å². The summed E-state index contributed by atoms with van der Waals surface area (Å²) in [4.78, 5) is 36.1. The van der Waals surface area contributed by atoms with Crippen LogP contribution in [0, 0.1) is 3.57 Å². The topological polar surface area (TPSA) is 105 Å². The Bertz CT molecular complexity index is 1210. The van der Waals surface area contributed by atoms with Gasteiger partial charge in [-0.25, -0.2) is 9.59 Å². The summed E-state index contributed by atoms with van der Waals surface area (Å²) in [6.45, 7) is 1.88. The fourth-order valence-corrected chi connectivity index (χ4v) is 4.73. The van der Waals surface area contributed by atoms with Gasteiger partial charge in [-0.15, -0.1) is 0 Å². The average Bonchev–Trinajstić information content (AvgIpc) is 3.16. The van der Waals surface area contributed by atoms with Crippen LogP contribution in [-0.2, 0) is 9.53 Å². The third kappa shape index (κ3) is 4.91. The normalized spacial score (nSPS) is 12.9. The molecule has 0 bridgehead atoms. The second-order valence-electron chi connectivity index (χ2n) is 7.92. The molecule has 34 heavy (non-hydrogen) atoms. The number of hydrogen-bond donors (Lipinski definition) is 3. The number of benzene rings is 3. The predicted octanol–water partition coefficient (Wildman–Crippen LogP) is 5.25. The van der Waals surface area contributed by atoms with E-state index in [2.05, 4.69) is 34.9 Å². The van der Waals surface area contributed by atoms with Crippen molar-refractivity contribution in [3.8, 4) is 11.1 Å². The number of halogens is 1. The largest absolute Gasteiger partial charge is 0.480 e. The zero-order chi connectivity index (χ0) is 24.2. The first-order chi connectivity index (χ1) is 16.4. The molecule has 3 N–H and O–H groups in total. The van der Waals surface area contributed by atoms with Crippen molar-refractivity contribution in [1.29, 1.82) is 0 Å². The molecule has 174 valence electrons. The number of carbonyl (C=O) groups is 3. The lowest BCUT2D eigenvalue weighted by molar-refractivity contribution is -0.139. The summed E-state index contributed by atoms with van der Waals surface area (Å²) in [5.74, 6) is -1.61. The lowest BCUT2D eigenvalue weighted by atomic mass is 9.98. The molecule has 0 spiro atoms. The number of fused-ring (bicyclic) bond motifs is 3. The minimum absolute atomic E-state index is 0.0379. The molecule has 4 rings (SSSR count). The maximum Gasteiger partial charge on any atom is 0.411 e. The Morgan fingerprint density at radius 3 is 2.18 bits per heavy atom. The van der Waals surface area contributed by atoms with E-state index in [-0.39, 0.29) is 18.9 Å². The van der Waals surface area contributed by atoms with E-state index in [9.17, 15) is 14.4 Å². The highest BCUT2D eigenvalue weighted by Gasteiger charge is 2.29. The molecule has 0 saturated heterocycles. The first-order valence-corrected chi connectivity index (χ1v) is 11.9. The number of carbonyl (C=O) groups excluding carboxylic acids is 2. The smallest absolute Gasteiger partial charge is 0.411 e. The fraction of sp³-hybridized carbons (Fsp3) is 0.192. The van der Waals surface area contributed by atoms with Gasteiger partial charge in [0, 0.05) is 15.1 Å². The van der Waals surface area contributed by atoms with Gasteiger partial charge in [-0.1, -0.05) is 55.5 Å². The maximum atomic E-state index is 12.5. The number of nitrogens with one attached hydrogen (secondary N) is 2. The Morgan fingerprint density at radius 2 is 1.62 bits per heavy atom. The molecule has 0 heterocycles. The highest BCUT2D eigenvalue weighted by molar-refractivity contribution is 14.1. The van der Waals surface area contributed by atoms with Crippen molar-refractivity contribution in [2.45, 2.75) is 25.3 Å². The summed E-state index contributed by atoms with van der Waals surface area (Å²) in [5.41, 5.74) is 5.38. The Morgan fingerprint density at radius 1 is 1.00 bits per heavy atom. The molecule has 2 amide bonds. The third-order valence-electron chi connectivity index (χ3n) is 5.82. The summed E-state index contributed by atoms with van der Waals surface area (Å²) >= 11 is 2.01. The molecule has 0 aromatic heterocycles. The Kier molecular flexibility index (Phi) is 7.16. The van der Waals surface area contributed by atoms with Crippen molar-refractivity contribution in [2.24, 2.45) is 0 Å². The monoisotopic (exact) mass is 570 g/mol. The number of ether oxygens (including phenoxy) is 1. The van der Waals surface area contributed by atoms with Gasteiger partial charge in [0.1, 0.15) is 12.6 Å². The second-order valence-corrected chi connectivity index (χ2v) is 9.08. The van der Waals surface area contributed by atoms with E-state index in [1.165, 1.54) is 6.07 Å². The van der Waals surface area contributed by atoms with E-state index < -0.39 is 24.0 Å². The van der Waals surface area contributed by atoms with Gasteiger partial charge in [-0.3, -0.25) is 10.1 Å². The average molecular weight is 570 g/mol. The van der Waals surface area contributed by atoms with E-state index in [0.29, 0.717) is 14.8 Å². The predicted molar refractivity (Wildman–Crippen MR) is 137 cm³/mol. The first-order valence-electron chi connectivity index (χ1n) is 10.8. The number of aliphatic carboxylic acids is 1. The maximum absolute atomic E-state index is 12.5.